The topological polar surface area (TPSA) is 85.4 Å². The first-order valence-corrected chi connectivity index (χ1v) is 12.9. The van der Waals surface area contributed by atoms with Gasteiger partial charge in [-0.25, -0.2) is 13.1 Å². The van der Waals surface area contributed by atoms with E-state index in [4.69, 9.17) is 4.74 Å². The molecule has 1 aromatic heterocycles. The Morgan fingerprint density at radius 1 is 1.00 bits per heavy atom. The molecule has 0 bridgehead atoms. The van der Waals surface area contributed by atoms with Crippen LogP contribution in [0.25, 0.3) is 10.9 Å². The van der Waals surface area contributed by atoms with E-state index in [2.05, 4.69) is 9.71 Å². The van der Waals surface area contributed by atoms with Crippen LogP contribution in [0.2, 0.25) is 0 Å². The number of sulfonamides is 1. The van der Waals surface area contributed by atoms with E-state index < -0.39 is 21.3 Å². The number of methoxy groups -OCH3 is 1. The van der Waals surface area contributed by atoms with Gasteiger partial charge >= 0.3 is 0 Å². The van der Waals surface area contributed by atoms with Gasteiger partial charge in [0, 0.05) is 22.6 Å². The van der Waals surface area contributed by atoms with Crippen molar-refractivity contribution in [2.45, 2.75) is 36.5 Å². The van der Waals surface area contributed by atoms with Crippen LogP contribution in [0.3, 0.4) is 0 Å². The number of fused-ring (bicyclic) bond motifs is 1. The molecule has 1 saturated carbocycles. The molecular formula is C28H26N2O4S. The summed E-state index contributed by atoms with van der Waals surface area (Å²) in [5.41, 5.74) is 2.91. The first-order chi connectivity index (χ1) is 16.8. The number of aryl methyl sites for hydroxylation is 2. The highest BCUT2D eigenvalue weighted by Crippen LogP contribution is 2.62. The van der Waals surface area contributed by atoms with E-state index in [0.717, 1.165) is 16.8 Å². The summed E-state index contributed by atoms with van der Waals surface area (Å²) in [6.07, 6.45) is 0.481. The van der Waals surface area contributed by atoms with Crippen molar-refractivity contribution in [3.63, 3.8) is 0 Å². The molecule has 7 heteroatoms. The molecule has 0 aliphatic heterocycles. The normalized spacial score (nSPS) is 19.3. The maximum Gasteiger partial charge on any atom is 0.264 e. The predicted molar refractivity (Wildman–Crippen MR) is 135 cm³/mol. The SMILES string of the molecule is COc1ccc(C)cc1[C@@]1(C(=O)NS(=O)(=O)c2cccc3nc(C)ccc23)C[C@H]1c1ccccc1. The van der Waals surface area contributed by atoms with Crippen LogP contribution in [0.15, 0.2) is 83.8 Å². The first kappa shape index (κ1) is 23.1. The molecule has 0 spiro atoms. The van der Waals surface area contributed by atoms with Crippen molar-refractivity contribution in [3.05, 3.63) is 101 Å². The zero-order valence-corrected chi connectivity index (χ0v) is 20.6. The summed E-state index contributed by atoms with van der Waals surface area (Å²) >= 11 is 0. The molecule has 0 saturated heterocycles. The van der Waals surface area contributed by atoms with Crippen molar-refractivity contribution in [1.82, 2.24) is 9.71 Å². The minimum atomic E-state index is -4.17. The lowest BCUT2D eigenvalue weighted by Gasteiger charge is -2.21. The highest BCUT2D eigenvalue weighted by atomic mass is 32.2. The number of nitrogens with one attached hydrogen (secondary N) is 1. The molecule has 0 unspecified atom stereocenters. The van der Waals surface area contributed by atoms with Gasteiger partial charge in [0.2, 0.25) is 5.91 Å². The first-order valence-electron chi connectivity index (χ1n) is 11.4. The van der Waals surface area contributed by atoms with Gasteiger partial charge in [0.25, 0.3) is 10.0 Å². The molecule has 3 aromatic carbocycles. The zero-order chi connectivity index (χ0) is 24.8. The Morgan fingerprint density at radius 2 is 1.77 bits per heavy atom. The summed E-state index contributed by atoms with van der Waals surface area (Å²) in [6, 6.07) is 23.7. The molecule has 35 heavy (non-hydrogen) atoms. The second-order valence-corrected chi connectivity index (χ2v) is 10.7. The largest absolute Gasteiger partial charge is 0.496 e. The lowest BCUT2D eigenvalue weighted by Crippen LogP contribution is -2.40. The standard InChI is InChI=1S/C28H26N2O4S/c1-18-12-15-25(34-3)22(16-18)28(17-23(28)20-8-5-4-6-9-20)27(31)30-35(32,33)26-11-7-10-24-21(26)14-13-19(2)29-24/h4-16,23H,17H2,1-3H3,(H,30,31)/t23-,28-/m0/s1. The second kappa shape index (κ2) is 8.50. The summed E-state index contributed by atoms with van der Waals surface area (Å²) in [5, 5.41) is 0.469. The van der Waals surface area contributed by atoms with Gasteiger partial charge in [-0.05, 0) is 56.2 Å². The fourth-order valence-corrected chi connectivity index (χ4v) is 6.18. The van der Waals surface area contributed by atoms with Crippen LogP contribution in [0.1, 0.15) is 34.7 Å². The van der Waals surface area contributed by atoms with Crippen LogP contribution in [0, 0.1) is 13.8 Å². The number of hydrogen-bond acceptors (Lipinski definition) is 5. The molecule has 4 aromatic rings. The van der Waals surface area contributed by atoms with Crippen LogP contribution in [0.5, 0.6) is 5.75 Å². The molecule has 1 fully saturated rings. The van der Waals surface area contributed by atoms with Crippen molar-refractivity contribution in [2.75, 3.05) is 7.11 Å². The zero-order valence-electron chi connectivity index (χ0n) is 19.8. The Labute approximate surface area is 205 Å². The summed E-state index contributed by atoms with van der Waals surface area (Å²) in [6.45, 7) is 3.79. The lowest BCUT2D eigenvalue weighted by molar-refractivity contribution is -0.122. The molecule has 1 heterocycles. The predicted octanol–water partition coefficient (Wildman–Crippen LogP) is 4.79. The van der Waals surface area contributed by atoms with E-state index in [9.17, 15) is 13.2 Å². The Balaban J connectivity index is 1.59. The molecular weight excluding hydrogens is 460 g/mol. The fraction of sp³-hybridized carbons (Fsp3) is 0.214. The van der Waals surface area contributed by atoms with Crippen LogP contribution in [-0.2, 0) is 20.2 Å². The quantitative estimate of drug-likeness (QED) is 0.424. The molecule has 2 atom stereocenters. The number of pyridine rings is 1. The van der Waals surface area contributed by atoms with E-state index in [-0.39, 0.29) is 10.8 Å². The summed E-state index contributed by atoms with van der Waals surface area (Å²) in [5.74, 6) is -0.176. The van der Waals surface area contributed by atoms with Crippen molar-refractivity contribution >= 4 is 26.8 Å². The third-order valence-electron chi connectivity index (χ3n) is 6.75. The van der Waals surface area contributed by atoms with Crippen molar-refractivity contribution in [3.8, 4) is 5.75 Å². The Kier molecular flexibility index (Phi) is 5.60. The minimum absolute atomic E-state index is 0.0270. The van der Waals surface area contributed by atoms with Gasteiger partial charge in [-0.2, -0.15) is 0 Å². The van der Waals surface area contributed by atoms with Gasteiger partial charge in [0.05, 0.1) is 22.9 Å². The maximum atomic E-state index is 13.9. The van der Waals surface area contributed by atoms with Crippen molar-refractivity contribution < 1.29 is 17.9 Å². The van der Waals surface area contributed by atoms with Gasteiger partial charge < -0.3 is 4.74 Å². The van der Waals surface area contributed by atoms with Crippen LogP contribution < -0.4 is 9.46 Å². The molecule has 1 amide bonds. The van der Waals surface area contributed by atoms with E-state index in [1.165, 1.54) is 6.07 Å². The van der Waals surface area contributed by atoms with Gasteiger partial charge in [-0.15, -0.1) is 0 Å². The van der Waals surface area contributed by atoms with Crippen LogP contribution in [-0.4, -0.2) is 26.4 Å². The number of carbonyl (C=O) groups is 1. The summed E-state index contributed by atoms with van der Waals surface area (Å²) < 4.78 is 35.0. The van der Waals surface area contributed by atoms with Crippen LogP contribution in [0.4, 0.5) is 0 Å². The third-order valence-corrected chi connectivity index (χ3v) is 8.14. The highest BCUT2D eigenvalue weighted by molar-refractivity contribution is 7.90. The lowest BCUT2D eigenvalue weighted by atomic mass is 9.88. The number of amides is 1. The van der Waals surface area contributed by atoms with E-state index in [1.54, 1.807) is 31.4 Å². The third kappa shape index (κ3) is 3.96. The average molecular weight is 487 g/mol. The van der Waals surface area contributed by atoms with Gasteiger partial charge in [-0.3, -0.25) is 9.78 Å². The number of ether oxygens (including phenoxy) is 1. The second-order valence-electron chi connectivity index (χ2n) is 9.05. The number of hydrogen-bond donors (Lipinski definition) is 1. The highest BCUT2D eigenvalue weighted by Gasteiger charge is 2.63. The van der Waals surface area contributed by atoms with Gasteiger partial charge in [0.15, 0.2) is 0 Å². The number of nitrogens with zero attached hydrogens (tertiary/aromatic N) is 1. The van der Waals surface area contributed by atoms with Crippen molar-refractivity contribution in [1.29, 1.82) is 0 Å². The summed E-state index contributed by atoms with van der Waals surface area (Å²) in [7, 11) is -2.61. The monoisotopic (exact) mass is 486 g/mol. The van der Waals surface area contributed by atoms with E-state index in [0.29, 0.717) is 28.6 Å². The number of rotatable bonds is 6. The number of benzene rings is 3. The minimum Gasteiger partial charge on any atom is -0.496 e. The van der Waals surface area contributed by atoms with Crippen molar-refractivity contribution in [2.24, 2.45) is 0 Å². The number of aromatic nitrogens is 1. The molecule has 178 valence electrons. The van der Waals surface area contributed by atoms with Gasteiger partial charge in [-0.1, -0.05) is 54.1 Å². The van der Waals surface area contributed by atoms with Gasteiger partial charge in [0.1, 0.15) is 5.75 Å². The molecule has 6 nitrogen and oxygen atoms in total. The maximum absolute atomic E-state index is 13.9. The number of carbonyl (C=O) groups excluding carboxylic acids is 1. The Hall–Kier alpha value is -3.71. The Bertz CT molecular complexity index is 1550. The van der Waals surface area contributed by atoms with E-state index in [1.807, 2.05) is 62.4 Å². The molecule has 1 aliphatic carbocycles. The summed E-state index contributed by atoms with van der Waals surface area (Å²) in [4.78, 5) is 18.4. The molecule has 0 radical (unpaired) electrons. The Morgan fingerprint density at radius 3 is 2.51 bits per heavy atom. The van der Waals surface area contributed by atoms with E-state index >= 15 is 0 Å². The molecule has 1 N–H and O–H groups in total. The fourth-order valence-electron chi connectivity index (χ4n) is 4.92. The molecule has 1 aliphatic rings. The van der Waals surface area contributed by atoms with Crippen LogP contribution >= 0.6 is 0 Å². The molecule has 5 rings (SSSR count). The smallest absolute Gasteiger partial charge is 0.264 e. The average Bonchev–Trinajstić information content (AvgIpc) is 3.61.